The normalized spacial score (nSPS) is 22.4. The number of imidazole rings is 1. The lowest BCUT2D eigenvalue weighted by atomic mass is 10.0. The summed E-state index contributed by atoms with van der Waals surface area (Å²) in [6, 6.07) is 0.974. The van der Waals surface area contributed by atoms with E-state index in [0.29, 0.717) is 12.1 Å². The van der Waals surface area contributed by atoms with Gasteiger partial charge in [0.1, 0.15) is 5.82 Å². The Morgan fingerprint density at radius 1 is 1.50 bits per heavy atom. The predicted molar refractivity (Wildman–Crippen MR) is 80.8 cm³/mol. The van der Waals surface area contributed by atoms with Crippen LogP contribution in [0, 0.1) is 0 Å². The van der Waals surface area contributed by atoms with Crippen LogP contribution in [-0.4, -0.2) is 59.4 Å². The maximum atomic E-state index is 5.98. The van der Waals surface area contributed by atoms with Gasteiger partial charge < -0.3 is 14.6 Å². The molecule has 114 valence electrons. The molecule has 2 rings (SSSR count). The summed E-state index contributed by atoms with van der Waals surface area (Å²) in [7, 11) is 4.08. The summed E-state index contributed by atoms with van der Waals surface area (Å²) in [4.78, 5) is 6.89. The molecule has 20 heavy (non-hydrogen) atoms. The Labute approximate surface area is 122 Å². The number of rotatable bonds is 6. The number of likely N-dealkylation sites (N-methyl/N-ethyl adjacent to an activating group) is 1. The molecular weight excluding hydrogens is 252 g/mol. The first-order valence-electron chi connectivity index (χ1n) is 7.61. The molecule has 1 saturated heterocycles. The quantitative estimate of drug-likeness (QED) is 0.846. The molecular formula is C15H28N4O. The molecule has 5 heteroatoms. The monoisotopic (exact) mass is 280 g/mol. The van der Waals surface area contributed by atoms with Crippen LogP contribution in [0.5, 0.6) is 0 Å². The molecule has 1 fully saturated rings. The fraction of sp³-hybridized carbons (Fsp3) is 0.800. The predicted octanol–water partition coefficient (Wildman–Crippen LogP) is 1.05. The largest absolute Gasteiger partial charge is 0.374 e. The minimum Gasteiger partial charge on any atom is -0.374 e. The van der Waals surface area contributed by atoms with E-state index >= 15 is 0 Å². The Kier molecular flexibility index (Phi) is 5.57. The zero-order valence-electron chi connectivity index (χ0n) is 13.2. The second-order valence-corrected chi connectivity index (χ2v) is 5.89. The highest BCUT2D eigenvalue weighted by Gasteiger charge is 2.28. The Morgan fingerprint density at radius 3 is 2.90 bits per heavy atom. The summed E-state index contributed by atoms with van der Waals surface area (Å²) >= 11 is 0. The van der Waals surface area contributed by atoms with Gasteiger partial charge in [-0.2, -0.15) is 0 Å². The molecule has 2 atom stereocenters. The van der Waals surface area contributed by atoms with Crippen LogP contribution in [0.1, 0.15) is 26.1 Å². The first kappa shape index (κ1) is 15.5. The molecule has 0 radical (unpaired) electrons. The number of morpholine rings is 1. The number of aromatic nitrogens is 2. The lowest BCUT2D eigenvalue weighted by Gasteiger charge is -2.39. The van der Waals surface area contributed by atoms with Crippen molar-refractivity contribution in [1.82, 2.24) is 19.8 Å². The van der Waals surface area contributed by atoms with Gasteiger partial charge in [0, 0.05) is 51.0 Å². The summed E-state index contributed by atoms with van der Waals surface area (Å²) in [6.07, 6.45) is 6.17. The van der Waals surface area contributed by atoms with E-state index in [1.54, 1.807) is 0 Å². The van der Waals surface area contributed by atoms with Gasteiger partial charge in [0.15, 0.2) is 0 Å². The van der Waals surface area contributed by atoms with E-state index in [1.807, 2.05) is 26.5 Å². The lowest BCUT2D eigenvalue weighted by molar-refractivity contribution is -0.0554. The third kappa shape index (κ3) is 3.81. The molecule has 0 aromatic carbocycles. The average Bonchev–Trinajstić information content (AvgIpc) is 2.85. The van der Waals surface area contributed by atoms with Gasteiger partial charge in [0.25, 0.3) is 0 Å². The van der Waals surface area contributed by atoms with Crippen LogP contribution in [0.15, 0.2) is 12.4 Å². The second kappa shape index (κ2) is 7.20. The van der Waals surface area contributed by atoms with Crippen molar-refractivity contribution in [2.75, 3.05) is 26.7 Å². The summed E-state index contributed by atoms with van der Waals surface area (Å²) in [6.45, 7) is 7.41. The van der Waals surface area contributed by atoms with Crippen molar-refractivity contribution in [1.29, 1.82) is 0 Å². The van der Waals surface area contributed by atoms with Crippen LogP contribution in [0.4, 0.5) is 0 Å². The Hall–Kier alpha value is -0.910. The SMILES string of the molecule is CNC(CCc1nccn1C)C1CN(C(C)C)CCO1. The molecule has 1 aromatic rings. The number of nitrogens with one attached hydrogen (secondary N) is 1. The lowest BCUT2D eigenvalue weighted by Crippen LogP contribution is -2.53. The summed E-state index contributed by atoms with van der Waals surface area (Å²) in [5, 5.41) is 3.42. The standard InChI is InChI=1S/C15H28N4O/c1-12(2)19-9-10-20-14(11-19)13(16-3)5-6-15-17-7-8-18(15)4/h7-8,12-14,16H,5-6,9-11H2,1-4H3. The van der Waals surface area contributed by atoms with Crippen molar-refractivity contribution in [2.45, 2.75) is 44.9 Å². The molecule has 0 saturated carbocycles. The first-order valence-corrected chi connectivity index (χ1v) is 7.61. The summed E-state index contributed by atoms with van der Waals surface area (Å²) < 4.78 is 8.07. The second-order valence-electron chi connectivity index (χ2n) is 5.89. The van der Waals surface area contributed by atoms with Gasteiger partial charge in [-0.25, -0.2) is 4.98 Å². The number of ether oxygens (including phenoxy) is 1. The molecule has 0 aliphatic carbocycles. The number of hydrogen-bond acceptors (Lipinski definition) is 4. The van der Waals surface area contributed by atoms with Gasteiger partial charge >= 0.3 is 0 Å². The van der Waals surface area contributed by atoms with Gasteiger partial charge in [-0.15, -0.1) is 0 Å². The molecule has 1 aliphatic heterocycles. The zero-order valence-corrected chi connectivity index (χ0v) is 13.2. The van der Waals surface area contributed by atoms with E-state index in [2.05, 4.69) is 33.6 Å². The summed E-state index contributed by atoms with van der Waals surface area (Å²) in [5.41, 5.74) is 0. The topological polar surface area (TPSA) is 42.3 Å². The number of nitrogens with zero attached hydrogens (tertiary/aromatic N) is 3. The summed E-state index contributed by atoms with van der Waals surface area (Å²) in [5.74, 6) is 1.14. The van der Waals surface area contributed by atoms with Gasteiger partial charge in [0.05, 0.1) is 12.7 Å². The van der Waals surface area contributed by atoms with E-state index < -0.39 is 0 Å². The van der Waals surface area contributed by atoms with Crippen molar-refractivity contribution in [3.8, 4) is 0 Å². The van der Waals surface area contributed by atoms with Crippen LogP contribution >= 0.6 is 0 Å². The highest BCUT2D eigenvalue weighted by molar-refractivity contribution is 4.93. The molecule has 2 heterocycles. The van der Waals surface area contributed by atoms with E-state index in [-0.39, 0.29) is 6.10 Å². The minimum atomic E-state index is 0.274. The van der Waals surface area contributed by atoms with Crippen molar-refractivity contribution < 1.29 is 4.74 Å². The van der Waals surface area contributed by atoms with Crippen molar-refractivity contribution >= 4 is 0 Å². The van der Waals surface area contributed by atoms with E-state index in [1.165, 1.54) is 0 Å². The van der Waals surface area contributed by atoms with Gasteiger partial charge in [-0.3, -0.25) is 4.90 Å². The number of hydrogen-bond donors (Lipinski definition) is 1. The van der Waals surface area contributed by atoms with E-state index in [0.717, 1.165) is 38.4 Å². The average molecular weight is 280 g/mol. The van der Waals surface area contributed by atoms with Crippen LogP contribution in [0.25, 0.3) is 0 Å². The Morgan fingerprint density at radius 2 is 2.30 bits per heavy atom. The van der Waals surface area contributed by atoms with Crippen molar-refractivity contribution in [2.24, 2.45) is 7.05 Å². The highest BCUT2D eigenvalue weighted by atomic mass is 16.5. The van der Waals surface area contributed by atoms with Crippen LogP contribution < -0.4 is 5.32 Å². The fourth-order valence-electron chi connectivity index (χ4n) is 2.85. The minimum absolute atomic E-state index is 0.274. The maximum Gasteiger partial charge on any atom is 0.108 e. The van der Waals surface area contributed by atoms with Crippen molar-refractivity contribution in [3.63, 3.8) is 0 Å². The van der Waals surface area contributed by atoms with Crippen LogP contribution in [0.2, 0.25) is 0 Å². The molecule has 2 unspecified atom stereocenters. The molecule has 1 N–H and O–H groups in total. The molecule has 0 bridgehead atoms. The van der Waals surface area contributed by atoms with Gasteiger partial charge in [0.2, 0.25) is 0 Å². The van der Waals surface area contributed by atoms with Gasteiger partial charge in [-0.1, -0.05) is 0 Å². The number of aryl methyl sites for hydroxylation is 2. The molecule has 1 aromatic heterocycles. The Balaban J connectivity index is 1.89. The van der Waals surface area contributed by atoms with Crippen LogP contribution in [-0.2, 0) is 18.2 Å². The smallest absolute Gasteiger partial charge is 0.108 e. The third-order valence-corrected chi connectivity index (χ3v) is 4.27. The Bertz CT molecular complexity index is 404. The van der Waals surface area contributed by atoms with E-state index in [4.69, 9.17) is 4.74 Å². The van der Waals surface area contributed by atoms with Crippen LogP contribution in [0.3, 0.4) is 0 Å². The molecule has 1 aliphatic rings. The van der Waals surface area contributed by atoms with Crippen molar-refractivity contribution in [3.05, 3.63) is 18.2 Å². The van der Waals surface area contributed by atoms with Gasteiger partial charge in [-0.05, 0) is 27.3 Å². The maximum absolute atomic E-state index is 5.98. The fourth-order valence-corrected chi connectivity index (χ4v) is 2.85. The third-order valence-electron chi connectivity index (χ3n) is 4.27. The molecule has 0 amide bonds. The van der Waals surface area contributed by atoms with E-state index in [9.17, 15) is 0 Å². The highest BCUT2D eigenvalue weighted by Crippen LogP contribution is 2.15. The molecule has 0 spiro atoms. The molecule has 5 nitrogen and oxygen atoms in total. The zero-order chi connectivity index (χ0) is 14.5. The first-order chi connectivity index (χ1) is 9.61.